The summed E-state index contributed by atoms with van der Waals surface area (Å²) in [5, 5.41) is 0. The van der Waals surface area contributed by atoms with Gasteiger partial charge in [-0.15, -0.1) is 6.58 Å². The molecule has 0 atom stereocenters. The van der Waals surface area contributed by atoms with E-state index in [1.165, 1.54) is 6.92 Å². The standard InChI is InChI=1S/C3H6O3S.C2H6O3S/c1-2-3-7(4,5)6;1-2-6(3,4)5/h2H,1,3H2,(H,4,5,6);2H2,1H3,(H,3,4,5). The van der Waals surface area contributed by atoms with Gasteiger partial charge in [-0.2, -0.15) is 16.8 Å². The Bertz CT molecular complexity index is 324. The molecule has 0 saturated heterocycles. The third-order valence-electron chi connectivity index (χ3n) is 0.693. The van der Waals surface area contributed by atoms with Crippen LogP contribution in [0.25, 0.3) is 0 Å². The number of rotatable bonds is 3. The monoisotopic (exact) mass is 232 g/mol. The van der Waals surface area contributed by atoms with E-state index in [1.807, 2.05) is 0 Å². The second-order valence-corrected chi connectivity index (χ2v) is 5.15. The lowest BCUT2D eigenvalue weighted by atomic mass is 10.8. The Morgan fingerprint density at radius 3 is 1.46 bits per heavy atom. The molecule has 0 spiro atoms. The SMILES string of the molecule is C=CCS(=O)(=O)O.CCS(=O)(=O)O. The highest BCUT2D eigenvalue weighted by atomic mass is 32.2. The van der Waals surface area contributed by atoms with Gasteiger partial charge in [0.15, 0.2) is 0 Å². The fraction of sp³-hybridized carbons (Fsp3) is 0.600. The van der Waals surface area contributed by atoms with Crippen LogP contribution in [0.4, 0.5) is 0 Å². The molecule has 13 heavy (non-hydrogen) atoms. The average molecular weight is 232 g/mol. The predicted molar refractivity (Wildman–Crippen MR) is 48.7 cm³/mol. The first-order valence-electron chi connectivity index (χ1n) is 3.13. The van der Waals surface area contributed by atoms with Gasteiger partial charge in [0.25, 0.3) is 20.2 Å². The second-order valence-electron chi connectivity index (χ2n) is 1.91. The van der Waals surface area contributed by atoms with Gasteiger partial charge in [-0.3, -0.25) is 9.11 Å². The lowest BCUT2D eigenvalue weighted by Gasteiger charge is -1.82. The Morgan fingerprint density at radius 1 is 1.15 bits per heavy atom. The van der Waals surface area contributed by atoms with E-state index in [1.54, 1.807) is 0 Å². The molecule has 2 N–H and O–H groups in total. The molecule has 0 heterocycles. The van der Waals surface area contributed by atoms with E-state index in [4.69, 9.17) is 9.11 Å². The summed E-state index contributed by atoms with van der Waals surface area (Å²) in [5.74, 6) is -0.569. The second kappa shape index (κ2) is 6.08. The summed E-state index contributed by atoms with van der Waals surface area (Å²) in [5.41, 5.74) is 0. The largest absolute Gasteiger partial charge is 0.286 e. The van der Waals surface area contributed by atoms with Crippen LogP contribution in [0.5, 0.6) is 0 Å². The molecule has 0 aliphatic carbocycles. The van der Waals surface area contributed by atoms with Crippen LogP contribution >= 0.6 is 0 Å². The molecule has 80 valence electrons. The molecule has 8 heteroatoms. The quantitative estimate of drug-likeness (QED) is 0.521. The van der Waals surface area contributed by atoms with Crippen LogP contribution in [0.15, 0.2) is 12.7 Å². The normalized spacial score (nSPS) is 11.3. The lowest BCUT2D eigenvalue weighted by Crippen LogP contribution is -1.99. The molecule has 0 aromatic rings. The van der Waals surface area contributed by atoms with Gasteiger partial charge in [0.05, 0.1) is 11.5 Å². The molecule has 0 aliphatic heterocycles. The topological polar surface area (TPSA) is 109 Å². The first-order chi connectivity index (χ1) is 5.62. The van der Waals surface area contributed by atoms with E-state index >= 15 is 0 Å². The molecule has 0 amide bonds. The van der Waals surface area contributed by atoms with Gasteiger partial charge in [0.2, 0.25) is 0 Å². The number of hydrogen-bond donors (Lipinski definition) is 2. The molecule has 0 saturated carbocycles. The Balaban J connectivity index is 0. The van der Waals surface area contributed by atoms with E-state index in [-0.39, 0.29) is 11.5 Å². The van der Waals surface area contributed by atoms with Crippen molar-refractivity contribution in [2.75, 3.05) is 11.5 Å². The highest BCUT2D eigenvalue weighted by molar-refractivity contribution is 7.86. The van der Waals surface area contributed by atoms with Crippen LogP contribution in [0, 0.1) is 0 Å². The molecule has 0 aromatic heterocycles. The van der Waals surface area contributed by atoms with E-state index in [2.05, 4.69) is 6.58 Å². The number of hydrogen-bond acceptors (Lipinski definition) is 4. The van der Waals surface area contributed by atoms with Crippen LogP contribution in [-0.4, -0.2) is 37.4 Å². The van der Waals surface area contributed by atoms with Gasteiger partial charge in [0.1, 0.15) is 0 Å². The minimum atomic E-state index is -3.79. The Morgan fingerprint density at radius 2 is 1.46 bits per heavy atom. The van der Waals surface area contributed by atoms with Crippen LogP contribution in [0.1, 0.15) is 6.92 Å². The summed E-state index contributed by atoms with van der Waals surface area (Å²) in [6.45, 7) is 4.48. The van der Waals surface area contributed by atoms with Crippen molar-refractivity contribution in [1.29, 1.82) is 0 Å². The molecule has 6 nitrogen and oxygen atoms in total. The predicted octanol–water partition coefficient (Wildman–Crippen LogP) is -0.0457. The third-order valence-corrected chi connectivity index (χ3v) is 2.08. The molecular formula is C5H12O6S2. The van der Waals surface area contributed by atoms with Crippen molar-refractivity contribution in [3.8, 4) is 0 Å². The highest BCUT2D eigenvalue weighted by Crippen LogP contribution is 1.78. The maximum atomic E-state index is 9.72. The summed E-state index contributed by atoms with van der Waals surface area (Å²) in [7, 11) is -7.45. The van der Waals surface area contributed by atoms with Crippen molar-refractivity contribution in [3.63, 3.8) is 0 Å². The summed E-state index contributed by atoms with van der Waals surface area (Å²) in [6.07, 6.45) is 1.12. The highest BCUT2D eigenvalue weighted by Gasteiger charge is 1.95. The Labute approximate surface area is 77.8 Å². The first kappa shape index (κ1) is 15.1. The van der Waals surface area contributed by atoms with E-state index in [0.717, 1.165) is 6.08 Å². The van der Waals surface area contributed by atoms with Gasteiger partial charge < -0.3 is 0 Å². The fourth-order valence-corrected chi connectivity index (χ4v) is 0.447. The van der Waals surface area contributed by atoms with Crippen molar-refractivity contribution < 1.29 is 25.9 Å². The van der Waals surface area contributed by atoms with Crippen molar-refractivity contribution in [3.05, 3.63) is 12.7 Å². The zero-order chi connectivity index (χ0) is 11.1. The van der Waals surface area contributed by atoms with E-state index in [0.29, 0.717) is 0 Å². The lowest BCUT2D eigenvalue weighted by molar-refractivity contribution is 0.483. The maximum Gasteiger partial charge on any atom is 0.268 e. The molecule has 0 aromatic carbocycles. The minimum Gasteiger partial charge on any atom is -0.286 e. The smallest absolute Gasteiger partial charge is 0.268 e. The summed E-state index contributed by atoms with van der Waals surface area (Å²) >= 11 is 0. The molecule has 0 fully saturated rings. The van der Waals surface area contributed by atoms with E-state index < -0.39 is 20.2 Å². The summed E-state index contributed by atoms with van der Waals surface area (Å²) in [4.78, 5) is 0. The fourth-order valence-electron chi connectivity index (χ4n) is 0.149. The van der Waals surface area contributed by atoms with Crippen LogP contribution in [-0.2, 0) is 20.2 Å². The van der Waals surface area contributed by atoms with E-state index in [9.17, 15) is 16.8 Å². The maximum absolute atomic E-state index is 9.72. The average Bonchev–Trinajstić information content (AvgIpc) is 1.84. The van der Waals surface area contributed by atoms with Gasteiger partial charge in [-0.05, 0) is 6.92 Å². The third kappa shape index (κ3) is 24.6. The van der Waals surface area contributed by atoms with Crippen molar-refractivity contribution >= 4 is 20.2 Å². The summed E-state index contributed by atoms with van der Waals surface area (Å²) in [6, 6.07) is 0. The molecule has 0 radical (unpaired) electrons. The Kier molecular flexibility index (Phi) is 7.04. The molecule has 0 bridgehead atoms. The van der Waals surface area contributed by atoms with Crippen LogP contribution in [0.3, 0.4) is 0 Å². The molecular weight excluding hydrogens is 220 g/mol. The molecule has 0 rings (SSSR count). The van der Waals surface area contributed by atoms with Crippen LogP contribution < -0.4 is 0 Å². The first-order valence-corrected chi connectivity index (χ1v) is 6.35. The van der Waals surface area contributed by atoms with Crippen molar-refractivity contribution in [1.82, 2.24) is 0 Å². The summed E-state index contributed by atoms with van der Waals surface area (Å²) < 4.78 is 54.3. The zero-order valence-corrected chi connectivity index (χ0v) is 8.68. The van der Waals surface area contributed by atoms with Crippen molar-refractivity contribution in [2.24, 2.45) is 0 Å². The van der Waals surface area contributed by atoms with Gasteiger partial charge >= 0.3 is 0 Å². The van der Waals surface area contributed by atoms with Crippen molar-refractivity contribution in [2.45, 2.75) is 6.92 Å². The van der Waals surface area contributed by atoms with Gasteiger partial charge in [0, 0.05) is 0 Å². The van der Waals surface area contributed by atoms with Gasteiger partial charge in [-0.25, -0.2) is 0 Å². The zero-order valence-electron chi connectivity index (χ0n) is 7.04. The minimum absolute atomic E-state index is 0.201. The molecule has 0 unspecified atom stereocenters. The molecule has 0 aliphatic rings. The Hall–Kier alpha value is -0.440. The van der Waals surface area contributed by atoms with Crippen LogP contribution in [0.2, 0.25) is 0 Å². The van der Waals surface area contributed by atoms with Gasteiger partial charge in [-0.1, -0.05) is 6.08 Å².